The zero-order valence-electron chi connectivity index (χ0n) is 70.8. The molecule has 4 aromatic carbocycles. The summed E-state index contributed by atoms with van der Waals surface area (Å²) in [5.41, 5.74) is 19.6. The van der Waals surface area contributed by atoms with E-state index in [0.717, 1.165) is 199 Å². The molecule has 21 heteroatoms. The van der Waals surface area contributed by atoms with Crippen molar-refractivity contribution in [1.82, 2.24) is 0 Å². The summed E-state index contributed by atoms with van der Waals surface area (Å²) in [7, 11) is 4.51. The molecular weight excluding hydrogens is 1460 g/mol. The average molecular weight is 1590 g/mol. The number of benzene rings is 4. The molecule has 0 aliphatic heterocycles. The minimum Gasteiger partial charge on any atom is -0.507 e. The topological polar surface area (TPSA) is 325 Å². The predicted molar refractivity (Wildman–Crippen MR) is 458 cm³/mol. The fourth-order valence-electron chi connectivity index (χ4n) is 15.6. The summed E-state index contributed by atoms with van der Waals surface area (Å²) in [4.78, 5) is 72.0. The average Bonchev–Trinajstić information content (AvgIpc) is 0.802. The Morgan fingerprint density at radius 2 is 0.754 bits per heavy atom. The van der Waals surface area contributed by atoms with E-state index in [0.29, 0.717) is 39.5 Å². The number of ether oxygens (including phenoxy) is 4. The first kappa shape index (κ1) is 97.3. The van der Waals surface area contributed by atoms with Crippen molar-refractivity contribution in [2.45, 2.75) is 274 Å². The van der Waals surface area contributed by atoms with Crippen LogP contribution in [-0.4, -0.2) is 80.6 Å². The molecule has 2 radical (unpaired) electrons. The molecule has 0 fully saturated rings. The summed E-state index contributed by atoms with van der Waals surface area (Å²) < 4.78 is 27.5. The number of aliphatic hydroxyl groups excluding tert-OH is 1. The van der Waals surface area contributed by atoms with Gasteiger partial charge in [-0.15, -0.1) is 0 Å². The highest BCUT2D eigenvalue weighted by Crippen LogP contribution is 2.52. The van der Waals surface area contributed by atoms with Crippen LogP contribution in [0.5, 0.6) is 46.0 Å². The number of carbonyl (C=O) groups is 5. The second-order valence-electron chi connectivity index (χ2n) is 30.7. The quantitative estimate of drug-likeness (QED) is 0.00222. The Hall–Kier alpha value is -9.04. The van der Waals surface area contributed by atoms with Gasteiger partial charge in [-0.2, -0.15) is 0 Å². The Morgan fingerprint density at radius 3 is 0.991 bits per heavy atom. The number of aryl methyl sites for hydroxylation is 4. The summed E-state index contributed by atoms with van der Waals surface area (Å²) in [6, 6.07) is 14.4. The molecule has 114 heavy (non-hydrogen) atoms. The maximum absolute atomic E-state index is 12.3. The van der Waals surface area contributed by atoms with Gasteiger partial charge in [-0.1, -0.05) is 186 Å². The third-order valence-corrected chi connectivity index (χ3v) is 21.4. The molecule has 8 atom stereocenters. The van der Waals surface area contributed by atoms with Crippen molar-refractivity contribution in [2.75, 3.05) is 6.61 Å². The van der Waals surface area contributed by atoms with Crippen molar-refractivity contribution >= 4 is 54.9 Å². The van der Waals surface area contributed by atoms with E-state index in [1.807, 2.05) is 39.8 Å². The second-order valence-corrected chi connectivity index (χ2v) is 31.0. The summed E-state index contributed by atoms with van der Waals surface area (Å²) in [6.45, 7) is 40.6. The molecule has 4 aliphatic carbocycles. The van der Waals surface area contributed by atoms with Gasteiger partial charge in [0.25, 0.3) is 0 Å². The van der Waals surface area contributed by atoms with Gasteiger partial charge in [0, 0.05) is 58.9 Å². The van der Waals surface area contributed by atoms with Crippen LogP contribution >= 0.6 is 11.6 Å². The van der Waals surface area contributed by atoms with E-state index in [4.69, 9.17) is 48.0 Å². The van der Waals surface area contributed by atoms with Crippen LogP contribution in [0.3, 0.4) is 0 Å². The maximum atomic E-state index is 12.3. The SMILES string of the molecule is C=C(C)[C@@H]1CCC(C)=C[C@H]1c1c(O)cc(CCCCC)cc1OC(=O)CC(=O)CO.C=C(C)[C@@H]1CCC(C)=C[C@H]1c1c(O)cc(CCCCC)cc1OC(=O)Cl.C=C(C)[C@@H]1CCC(C)=C[C@H]1c1c(O)cc(CCCCC)cc1OC(=O)N=C=O.C=C(C)[C@@H]1CCC(C)=C[C@H]1c1c(O)cc(CCCCC)cc1OC(N)=O.NO.[2H]C[B]. The number of halogens is 1. The molecule has 4 aromatic rings. The number of nitrogens with two attached hydrogens (primary N) is 2. The second kappa shape index (κ2) is 51.7. The third-order valence-electron chi connectivity index (χ3n) is 21.3. The summed E-state index contributed by atoms with van der Waals surface area (Å²) >= 11 is 5.51. The van der Waals surface area contributed by atoms with Gasteiger partial charge >= 0.3 is 23.6 Å². The predicted octanol–water partition coefficient (Wildman–Crippen LogP) is 23.0. The molecule has 0 heterocycles. The molecule has 0 saturated heterocycles. The van der Waals surface area contributed by atoms with Gasteiger partial charge in [0.05, 0.1) is 7.85 Å². The van der Waals surface area contributed by atoms with Gasteiger partial charge in [-0.05, 0) is 253 Å². The number of phenolic OH excluding ortho intramolecular Hbond substituents is 4. The lowest BCUT2D eigenvalue weighted by molar-refractivity contribution is -0.138. The normalized spacial score (nSPS) is 18.7. The Kier molecular flexibility index (Phi) is 44.2. The maximum Gasteiger partial charge on any atom is 0.450 e. The lowest BCUT2D eigenvalue weighted by atomic mass is 9.73. The number of carbonyl (C=O) groups excluding carboxylic acids is 6. The number of hydrogen-bond acceptors (Lipinski definition) is 17. The number of aliphatic imine (C=N–C) groups is 1. The lowest BCUT2D eigenvalue weighted by Crippen LogP contribution is -2.21. The molecule has 0 unspecified atom stereocenters. The van der Waals surface area contributed by atoms with E-state index in [1.165, 1.54) is 28.4 Å². The number of hydrogen-bond donors (Lipinski definition) is 8. The lowest BCUT2D eigenvalue weighted by Gasteiger charge is -2.32. The Balaban J connectivity index is 0.000000389. The van der Waals surface area contributed by atoms with Crippen LogP contribution in [0.15, 0.2) is 149 Å². The molecule has 0 saturated carbocycles. The highest BCUT2D eigenvalue weighted by Gasteiger charge is 2.36. The molecule has 8 rings (SSSR count). The number of ketones is 1. The van der Waals surface area contributed by atoms with Crippen molar-refractivity contribution < 1.29 is 79.8 Å². The molecule has 10 N–H and O–H groups in total. The van der Waals surface area contributed by atoms with Gasteiger partial charge in [0.15, 0.2) is 5.78 Å². The van der Waals surface area contributed by atoms with Crippen LogP contribution in [0.2, 0.25) is 6.80 Å². The van der Waals surface area contributed by atoms with E-state index in [2.05, 4.69) is 125 Å². The number of Topliss-reactive ketones (excluding diaryl/α,β-unsaturated/α-hetero) is 1. The van der Waals surface area contributed by atoms with Gasteiger partial charge in [0.1, 0.15) is 59.0 Å². The molecule has 19 nitrogen and oxygen atoms in total. The van der Waals surface area contributed by atoms with E-state index in [9.17, 15) is 49.2 Å². The highest BCUT2D eigenvalue weighted by molar-refractivity contribution is 6.61. The number of amides is 2. The van der Waals surface area contributed by atoms with E-state index in [1.54, 1.807) is 36.4 Å². The largest absolute Gasteiger partial charge is 0.507 e. The van der Waals surface area contributed by atoms with Crippen molar-refractivity contribution in [3.05, 3.63) is 188 Å². The zero-order valence-corrected chi connectivity index (χ0v) is 70.5. The van der Waals surface area contributed by atoms with Crippen LogP contribution in [0.25, 0.3) is 0 Å². The molecular formula is C93H129BClN3O16. The number of aliphatic hydroxyl groups is 1. The van der Waals surface area contributed by atoms with Gasteiger partial charge in [-0.25, -0.2) is 25.1 Å². The molecule has 0 spiro atoms. The van der Waals surface area contributed by atoms with Crippen LogP contribution in [-0.2, 0) is 40.1 Å². The Labute approximate surface area is 686 Å². The number of esters is 1. The van der Waals surface area contributed by atoms with Crippen molar-refractivity contribution in [3.8, 4) is 46.0 Å². The number of rotatable bonds is 31. The van der Waals surface area contributed by atoms with E-state index >= 15 is 0 Å². The standard InChI is InChI=1S/C25H34O5.C23H29NO4.C22H29ClO3.C22H31NO3.CH3B.H3NO/c1-5-6-7-8-18-12-22(28)25(21-11-17(4)9-10-20(21)16(2)3)23(13-18)30-24(29)14-19(27)15-26;1-5-6-7-8-17-12-20(26)22(21(13-17)28-23(27)24-14-25)19-11-16(4)9-10-18(19)15(2)3;2*1-5-6-7-8-16-12-19(24)21(20(13-16)26-22(23)25)18-11-15(4)9-10-17(18)14(2)3;2*1-2/h11-13,20-21,26,28H,2,5-10,14-15H2,1,3-4H3;11-13,18-19,26H,2,5-10H2,1,3-4H3;11-13,17-18,24H,2,5-10H2,1,3-4H3;11-13,17-18,24H,2,5-10H2,1,3-4H3,(H2,23,25);1H3;2H,1H2/t20-,21+;18-,19+;2*17-,18+;;/m0000../s1/i;;;;1D;. The number of allylic oxidation sites excluding steroid dienone is 12. The van der Waals surface area contributed by atoms with Gasteiger partial charge in [-0.3, -0.25) is 9.59 Å². The van der Waals surface area contributed by atoms with Gasteiger partial charge in [0.2, 0.25) is 6.08 Å². The van der Waals surface area contributed by atoms with Crippen molar-refractivity contribution in [3.63, 3.8) is 0 Å². The smallest absolute Gasteiger partial charge is 0.450 e. The van der Waals surface area contributed by atoms with Crippen LogP contribution in [0, 0.1) is 23.7 Å². The Bertz CT molecular complexity index is 4010. The van der Waals surface area contributed by atoms with E-state index in [-0.39, 0.29) is 82.9 Å². The molecule has 622 valence electrons. The number of primary amides is 1. The molecule has 0 aromatic heterocycles. The van der Waals surface area contributed by atoms with Gasteiger partial charge < -0.3 is 55.4 Å². The minimum atomic E-state index is -1.04. The van der Waals surface area contributed by atoms with Crippen molar-refractivity contribution in [1.29, 1.82) is 0 Å². The van der Waals surface area contributed by atoms with Crippen LogP contribution in [0.4, 0.5) is 14.4 Å². The number of unbranched alkanes of at least 4 members (excludes halogenated alkanes) is 8. The first-order valence-electron chi connectivity index (χ1n) is 40.9. The summed E-state index contributed by atoms with van der Waals surface area (Å²) in [6.07, 6.45) is 31.1. The zero-order chi connectivity index (χ0) is 86.2. The highest BCUT2D eigenvalue weighted by atomic mass is 35.5. The molecule has 0 bridgehead atoms. The third kappa shape index (κ3) is 31.6. The Morgan fingerprint density at radius 1 is 0.491 bits per heavy atom. The first-order valence-corrected chi connectivity index (χ1v) is 40.6. The molecule has 4 aliphatic rings. The van der Waals surface area contributed by atoms with E-state index < -0.39 is 42.4 Å². The summed E-state index contributed by atoms with van der Waals surface area (Å²) in [5, 5.41) is 58.8. The summed E-state index contributed by atoms with van der Waals surface area (Å²) in [5.74, 6) is 4.16. The van der Waals surface area contributed by atoms with Crippen LogP contribution < -0.4 is 30.6 Å². The monoisotopic (exact) mass is 1590 g/mol. The molecule has 2 amide bonds. The number of nitrogens with zero attached hydrogens (tertiary/aromatic N) is 1. The first-order chi connectivity index (χ1) is 54.7. The van der Waals surface area contributed by atoms with Crippen LogP contribution in [0.1, 0.15) is 287 Å². The number of aromatic hydroxyl groups is 4. The minimum absolute atomic E-state index is 0. The fourth-order valence-corrected chi connectivity index (χ4v) is 15.7. The van der Waals surface area contributed by atoms with Crippen molar-refractivity contribution in [2.24, 2.45) is 40.3 Å². The fraction of sp³-hybridized carbons (Fsp3) is 0.505. The number of isocyanates is 1. The number of phenols is 4.